The Bertz CT molecular complexity index is 947. The fourth-order valence-electron chi connectivity index (χ4n) is 2.61. The molecule has 2 aromatic rings. The van der Waals surface area contributed by atoms with E-state index in [1.807, 2.05) is 17.5 Å². The second kappa shape index (κ2) is 9.11. The van der Waals surface area contributed by atoms with E-state index < -0.39 is 20.0 Å². The van der Waals surface area contributed by atoms with E-state index in [2.05, 4.69) is 6.58 Å². The van der Waals surface area contributed by atoms with Gasteiger partial charge in [-0.15, -0.1) is 17.9 Å². The van der Waals surface area contributed by atoms with Crippen LogP contribution >= 0.6 is 11.3 Å². The number of nitrogens with zero attached hydrogens (tertiary/aromatic N) is 2. The Hall–Kier alpha value is -1.52. The first-order valence-corrected chi connectivity index (χ1v) is 12.3. The molecule has 0 saturated heterocycles. The summed E-state index contributed by atoms with van der Waals surface area (Å²) in [6.07, 6.45) is 1.53. The molecule has 0 saturated carbocycles. The van der Waals surface area contributed by atoms with Crippen molar-refractivity contribution in [3.8, 4) is 0 Å². The zero-order chi connectivity index (χ0) is 20.1. The second-order valence-electron chi connectivity index (χ2n) is 5.73. The fourth-order valence-corrected chi connectivity index (χ4v) is 6.26. The predicted octanol–water partition coefficient (Wildman–Crippen LogP) is 3.16. The topological polar surface area (TPSA) is 74.8 Å². The Balaban J connectivity index is 2.34. The Kier molecular flexibility index (Phi) is 7.35. The molecule has 1 aromatic carbocycles. The number of thiophene rings is 1. The van der Waals surface area contributed by atoms with Gasteiger partial charge in [-0.2, -0.15) is 8.61 Å². The molecule has 1 aromatic heterocycles. The standard InChI is InChI=1S/C18H24N2O4S3/c1-4-13-20(15-16-8-7-14-25-16)27(23,24)18-11-9-17(10-12-18)26(21,22)19(5-2)6-3/h4,7-12,14H,1,5-6,13,15H2,2-3H3. The third-order valence-corrected chi connectivity index (χ3v) is 8.80. The van der Waals surface area contributed by atoms with Gasteiger partial charge in [0.1, 0.15) is 0 Å². The van der Waals surface area contributed by atoms with Crippen molar-refractivity contribution in [2.45, 2.75) is 30.2 Å². The molecule has 0 spiro atoms. The van der Waals surface area contributed by atoms with Crippen LogP contribution in [-0.2, 0) is 26.6 Å². The smallest absolute Gasteiger partial charge is 0.207 e. The van der Waals surface area contributed by atoms with Crippen LogP contribution in [0.4, 0.5) is 0 Å². The zero-order valence-electron chi connectivity index (χ0n) is 15.4. The Morgan fingerprint density at radius 3 is 1.85 bits per heavy atom. The van der Waals surface area contributed by atoms with Gasteiger partial charge in [0.25, 0.3) is 0 Å². The number of hydrogen-bond donors (Lipinski definition) is 0. The van der Waals surface area contributed by atoms with Crippen LogP contribution in [0.3, 0.4) is 0 Å². The van der Waals surface area contributed by atoms with Gasteiger partial charge in [0.15, 0.2) is 0 Å². The highest BCUT2D eigenvalue weighted by Crippen LogP contribution is 2.23. The third-order valence-electron chi connectivity index (χ3n) is 4.05. The van der Waals surface area contributed by atoms with Crippen LogP contribution in [0.1, 0.15) is 18.7 Å². The van der Waals surface area contributed by atoms with E-state index in [0.717, 1.165) is 4.88 Å². The normalized spacial score (nSPS) is 12.6. The van der Waals surface area contributed by atoms with Crippen LogP contribution in [-0.4, -0.2) is 45.1 Å². The summed E-state index contributed by atoms with van der Waals surface area (Å²) in [5, 5.41) is 1.89. The van der Waals surface area contributed by atoms with Crippen molar-refractivity contribution in [1.82, 2.24) is 8.61 Å². The summed E-state index contributed by atoms with van der Waals surface area (Å²) in [5.41, 5.74) is 0. The molecule has 0 N–H and O–H groups in total. The van der Waals surface area contributed by atoms with Crippen molar-refractivity contribution < 1.29 is 16.8 Å². The lowest BCUT2D eigenvalue weighted by Gasteiger charge is -2.21. The average molecular weight is 429 g/mol. The molecule has 0 atom stereocenters. The third kappa shape index (κ3) is 4.85. The lowest BCUT2D eigenvalue weighted by atomic mass is 10.4. The Morgan fingerprint density at radius 2 is 1.44 bits per heavy atom. The van der Waals surface area contributed by atoms with Gasteiger partial charge in [-0.05, 0) is 35.7 Å². The van der Waals surface area contributed by atoms with Crippen molar-refractivity contribution in [3.05, 3.63) is 59.3 Å². The van der Waals surface area contributed by atoms with Crippen LogP contribution in [0.25, 0.3) is 0 Å². The van der Waals surface area contributed by atoms with Gasteiger partial charge < -0.3 is 0 Å². The highest BCUT2D eigenvalue weighted by molar-refractivity contribution is 7.89. The number of rotatable bonds is 10. The van der Waals surface area contributed by atoms with Crippen molar-refractivity contribution in [2.75, 3.05) is 19.6 Å². The average Bonchev–Trinajstić information content (AvgIpc) is 3.15. The quantitative estimate of drug-likeness (QED) is 0.545. The minimum Gasteiger partial charge on any atom is -0.207 e. The lowest BCUT2D eigenvalue weighted by molar-refractivity contribution is 0.440. The largest absolute Gasteiger partial charge is 0.243 e. The van der Waals surface area contributed by atoms with Gasteiger partial charge in [0, 0.05) is 31.1 Å². The summed E-state index contributed by atoms with van der Waals surface area (Å²) >= 11 is 1.48. The minimum absolute atomic E-state index is 0.0550. The fraction of sp³-hybridized carbons (Fsp3) is 0.333. The summed E-state index contributed by atoms with van der Waals surface area (Å²) < 4.78 is 53.7. The number of hydrogen-bond acceptors (Lipinski definition) is 5. The maximum Gasteiger partial charge on any atom is 0.243 e. The molecule has 2 rings (SSSR count). The van der Waals surface area contributed by atoms with Crippen LogP contribution in [0.5, 0.6) is 0 Å². The monoisotopic (exact) mass is 428 g/mol. The van der Waals surface area contributed by atoms with E-state index in [0.29, 0.717) is 13.1 Å². The van der Waals surface area contributed by atoms with Crippen LogP contribution in [0, 0.1) is 0 Å². The summed E-state index contributed by atoms with van der Waals surface area (Å²) in [4.78, 5) is 1.05. The van der Waals surface area contributed by atoms with Crippen molar-refractivity contribution in [2.24, 2.45) is 0 Å². The maximum atomic E-state index is 13.0. The lowest BCUT2D eigenvalue weighted by Crippen LogP contribution is -2.31. The van der Waals surface area contributed by atoms with E-state index in [9.17, 15) is 16.8 Å². The molecule has 27 heavy (non-hydrogen) atoms. The highest BCUT2D eigenvalue weighted by Gasteiger charge is 2.26. The van der Waals surface area contributed by atoms with Crippen molar-refractivity contribution in [3.63, 3.8) is 0 Å². The van der Waals surface area contributed by atoms with Crippen molar-refractivity contribution in [1.29, 1.82) is 0 Å². The molecule has 0 aliphatic carbocycles. The molecule has 0 aliphatic rings. The first-order chi connectivity index (χ1) is 12.8. The van der Waals surface area contributed by atoms with Crippen molar-refractivity contribution >= 4 is 31.4 Å². The second-order valence-corrected chi connectivity index (χ2v) is 10.6. The van der Waals surface area contributed by atoms with Crippen LogP contribution in [0.2, 0.25) is 0 Å². The molecule has 6 nitrogen and oxygen atoms in total. The first-order valence-electron chi connectivity index (χ1n) is 8.51. The van der Waals surface area contributed by atoms with E-state index in [4.69, 9.17) is 0 Å². The molecule has 148 valence electrons. The molecule has 1 heterocycles. The molecule has 9 heteroatoms. The summed E-state index contributed by atoms with van der Waals surface area (Å²) in [7, 11) is -7.40. The highest BCUT2D eigenvalue weighted by atomic mass is 32.2. The number of benzene rings is 1. The molecule has 0 amide bonds. The van der Waals surface area contributed by atoms with Gasteiger partial charge in [-0.1, -0.05) is 26.0 Å². The molecule has 0 unspecified atom stereocenters. The van der Waals surface area contributed by atoms with Gasteiger partial charge in [0.05, 0.1) is 9.79 Å². The predicted molar refractivity (Wildman–Crippen MR) is 109 cm³/mol. The summed E-state index contributed by atoms with van der Waals surface area (Å²) in [6, 6.07) is 9.11. The van der Waals surface area contributed by atoms with E-state index in [-0.39, 0.29) is 22.9 Å². The molecule has 0 bridgehead atoms. The molecule has 0 fully saturated rings. The molecule has 0 radical (unpaired) electrons. The molecular weight excluding hydrogens is 404 g/mol. The van der Waals surface area contributed by atoms with E-state index in [1.54, 1.807) is 13.8 Å². The van der Waals surface area contributed by atoms with Gasteiger partial charge in [-0.3, -0.25) is 0 Å². The van der Waals surface area contributed by atoms with E-state index >= 15 is 0 Å². The maximum absolute atomic E-state index is 13.0. The minimum atomic E-state index is -3.77. The Morgan fingerprint density at radius 1 is 0.926 bits per heavy atom. The SMILES string of the molecule is C=CCN(Cc1cccs1)S(=O)(=O)c1ccc(S(=O)(=O)N(CC)CC)cc1. The zero-order valence-corrected chi connectivity index (χ0v) is 17.9. The molecular formula is C18H24N2O4S3. The number of sulfonamides is 2. The first kappa shape index (κ1) is 21.8. The summed E-state index contributed by atoms with van der Waals surface area (Å²) in [6.45, 7) is 8.27. The van der Waals surface area contributed by atoms with E-state index in [1.165, 1.54) is 50.3 Å². The molecule has 0 aliphatic heterocycles. The Labute approximate surface area is 165 Å². The van der Waals surface area contributed by atoms with Crippen LogP contribution < -0.4 is 0 Å². The van der Waals surface area contributed by atoms with Gasteiger partial charge >= 0.3 is 0 Å². The summed E-state index contributed by atoms with van der Waals surface area (Å²) in [5.74, 6) is 0. The van der Waals surface area contributed by atoms with Crippen LogP contribution in [0.15, 0.2) is 64.2 Å². The van der Waals surface area contributed by atoms with Gasteiger partial charge in [0.2, 0.25) is 20.0 Å². The van der Waals surface area contributed by atoms with Gasteiger partial charge in [-0.25, -0.2) is 16.8 Å².